The summed E-state index contributed by atoms with van der Waals surface area (Å²) in [6.07, 6.45) is 2.60. The lowest BCUT2D eigenvalue weighted by atomic mass is 10.1. The lowest BCUT2D eigenvalue weighted by Gasteiger charge is -2.15. The number of nitriles is 1. The predicted molar refractivity (Wildman–Crippen MR) is 88.3 cm³/mol. The molecule has 3 rings (SSSR count). The van der Waals surface area contributed by atoms with Crippen molar-refractivity contribution in [1.29, 1.82) is 5.26 Å². The fraction of sp³-hybridized carbons (Fsp3) is 0.353. The van der Waals surface area contributed by atoms with Crippen LogP contribution in [0.4, 0.5) is 0 Å². The summed E-state index contributed by atoms with van der Waals surface area (Å²) in [5, 5.41) is 14.0. The summed E-state index contributed by atoms with van der Waals surface area (Å²) in [5.41, 5.74) is 1.66. The van der Waals surface area contributed by atoms with Crippen molar-refractivity contribution in [2.45, 2.75) is 38.8 Å². The molecule has 23 heavy (non-hydrogen) atoms. The molecule has 1 aliphatic rings. The molecule has 118 valence electrons. The van der Waals surface area contributed by atoms with Crippen LogP contribution in [-0.2, 0) is 24.2 Å². The van der Waals surface area contributed by atoms with E-state index in [0.29, 0.717) is 0 Å². The van der Waals surface area contributed by atoms with Gasteiger partial charge in [0.1, 0.15) is 18.2 Å². The van der Waals surface area contributed by atoms with E-state index in [1.807, 2.05) is 30.5 Å². The second kappa shape index (κ2) is 6.39. The largest absolute Gasteiger partial charge is 0.347 e. The number of nitrogens with zero attached hydrogens (tertiary/aromatic N) is 2. The Labute approximate surface area is 138 Å². The Morgan fingerprint density at radius 2 is 2.35 bits per heavy atom. The Hall–Kier alpha value is -2.39. The van der Waals surface area contributed by atoms with Gasteiger partial charge in [-0.2, -0.15) is 5.26 Å². The summed E-state index contributed by atoms with van der Waals surface area (Å²) in [7, 11) is 0. The number of hydrogen-bond donors (Lipinski definition) is 1. The maximum atomic E-state index is 12.4. The minimum Gasteiger partial charge on any atom is -0.347 e. The first-order chi connectivity index (χ1) is 11.1. The van der Waals surface area contributed by atoms with Gasteiger partial charge in [0.05, 0.1) is 6.04 Å². The van der Waals surface area contributed by atoms with Crippen LogP contribution < -0.4 is 10.9 Å². The quantitative estimate of drug-likeness (QED) is 0.935. The molecule has 2 aromatic heterocycles. The number of nitrogens with one attached hydrogen (secondary N) is 1. The number of thiophene rings is 1. The van der Waals surface area contributed by atoms with Crippen molar-refractivity contribution in [2.24, 2.45) is 0 Å². The number of aryl methyl sites for hydroxylation is 1. The number of aromatic nitrogens is 1. The zero-order chi connectivity index (χ0) is 16.4. The topological polar surface area (TPSA) is 74.9 Å². The summed E-state index contributed by atoms with van der Waals surface area (Å²) in [6.45, 7) is 1.88. The van der Waals surface area contributed by atoms with Crippen molar-refractivity contribution in [1.82, 2.24) is 9.88 Å². The van der Waals surface area contributed by atoms with E-state index in [-0.39, 0.29) is 29.6 Å². The van der Waals surface area contributed by atoms with Gasteiger partial charge in [0, 0.05) is 10.6 Å². The number of pyridine rings is 1. The third-order valence-electron chi connectivity index (χ3n) is 4.12. The van der Waals surface area contributed by atoms with Gasteiger partial charge >= 0.3 is 0 Å². The summed E-state index contributed by atoms with van der Waals surface area (Å²) in [5.74, 6) is -0.211. The molecular weight excluding hydrogens is 310 g/mol. The van der Waals surface area contributed by atoms with E-state index in [2.05, 4.69) is 5.32 Å². The summed E-state index contributed by atoms with van der Waals surface area (Å²) < 4.78 is 1.47. The zero-order valence-corrected chi connectivity index (χ0v) is 13.7. The average Bonchev–Trinajstić information content (AvgIpc) is 3.20. The van der Waals surface area contributed by atoms with Gasteiger partial charge < -0.3 is 9.88 Å². The normalized spacial score (nSPS) is 14.1. The number of carbonyl (C=O) groups excluding carboxylic acids is 1. The van der Waals surface area contributed by atoms with Crippen LogP contribution in [0.5, 0.6) is 0 Å². The van der Waals surface area contributed by atoms with Crippen molar-refractivity contribution in [3.05, 3.63) is 55.6 Å². The predicted octanol–water partition coefficient (Wildman–Crippen LogP) is 2.15. The van der Waals surface area contributed by atoms with Crippen LogP contribution in [0, 0.1) is 11.3 Å². The summed E-state index contributed by atoms with van der Waals surface area (Å²) in [4.78, 5) is 25.8. The first-order valence-electron chi connectivity index (χ1n) is 7.58. The highest BCUT2D eigenvalue weighted by Gasteiger charge is 2.21. The molecular formula is C17H17N3O2S. The molecule has 5 nitrogen and oxygen atoms in total. The minimum absolute atomic E-state index is 0.0353. The standard InChI is InChI=1S/C17H17N3O2S/c1-11(15-6-3-7-23-15)19-16(21)10-20-14-5-2-4-12(14)8-13(9-18)17(20)22/h3,6-8,11H,2,4-5,10H2,1H3,(H,19,21). The number of amides is 1. The first-order valence-corrected chi connectivity index (χ1v) is 8.46. The fourth-order valence-electron chi connectivity index (χ4n) is 3.01. The van der Waals surface area contributed by atoms with Crippen molar-refractivity contribution in [3.8, 4) is 6.07 Å². The van der Waals surface area contributed by atoms with Gasteiger partial charge in [0.15, 0.2) is 0 Å². The highest BCUT2D eigenvalue weighted by Crippen LogP contribution is 2.21. The maximum absolute atomic E-state index is 12.4. The molecule has 0 aliphatic heterocycles. The second-order valence-electron chi connectivity index (χ2n) is 5.69. The molecule has 1 amide bonds. The second-order valence-corrected chi connectivity index (χ2v) is 6.67. The van der Waals surface area contributed by atoms with Gasteiger partial charge in [-0.15, -0.1) is 11.3 Å². The van der Waals surface area contributed by atoms with E-state index in [4.69, 9.17) is 5.26 Å². The lowest BCUT2D eigenvalue weighted by Crippen LogP contribution is -2.35. The molecule has 6 heteroatoms. The Kier molecular flexibility index (Phi) is 4.30. The molecule has 0 saturated carbocycles. The van der Waals surface area contributed by atoms with Crippen LogP contribution in [0.25, 0.3) is 0 Å². The number of rotatable bonds is 4. The first kappa shape index (κ1) is 15.5. The van der Waals surface area contributed by atoms with Crippen molar-refractivity contribution < 1.29 is 4.79 Å². The highest BCUT2D eigenvalue weighted by molar-refractivity contribution is 7.10. The molecule has 1 aliphatic carbocycles. The molecule has 0 aromatic carbocycles. The Morgan fingerprint density at radius 1 is 1.52 bits per heavy atom. The van der Waals surface area contributed by atoms with Crippen molar-refractivity contribution in [2.75, 3.05) is 0 Å². The third kappa shape index (κ3) is 3.06. The highest BCUT2D eigenvalue weighted by atomic mass is 32.1. The van der Waals surface area contributed by atoms with Crippen LogP contribution in [0.1, 0.15) is 41.1 Å². The lowest BCUT2D eigenvalue weighted by molar-refractivity contribution is -0.122. The van der Waals surface area contributed by atoms with Gasteiger partial charge in [-0.25, -0.2) is 0 Å². The van der Waals surface area contributed by atoms with E-state index in [1.165, 1.54) is 4.57 Å². The molecule has 0 spiro atoms. The van der Waals surface area contributed by atoms with Crippen LogP contribution in [-0.4, -0.2) is 10.5 Å². The Balaban J connectivity index is 1.83. The van der Waals surface area contributed by atoms with E-state index in [1.54, 1.807) is 17.4 Å². The Bertz CT molecular complexity index is 831. The van der Waals surface area contributed by atoms with Crippen LogP contribution in [0.15, 0.2) is 28.4 Å². The van der Waals surface area contributed by atoms with Gasteiger partial charge in [-0.3, -0.25) is 9.59 Å². The molecule has 1 unspecified atom stereocenters. The van der Waals surface area contributed by atoms with Crippen molar-refractivity contribution in [3.63, 3.8) is 0 Å². The van der Waals surface area contributed by atoms with Gasteiger partial charge in [0.2, 0.25) is 5.91 Å². The average molecular weight is 327 g/mol. The van der Waals surface area contributed by atoms with Gasteiger partial charge in [0.25, 0.3) is 5.56 Å². The van der Waals surface area contributed by atoms with Gasteiger partial charge in [-0.1, -0.05) is 6.07 Å². The number of hydrogen-bond acceptors (Lipinski definition) is 4. The summed E-state index contributed by atoms with van der Waals surface area (Å²) >= 11 is 1.58. The zero-order valence-electron chi connectivity index (χ0n) is 12.8. The van der Waals surface area contributed by atoms with Gasteiger partial charge in [-0.05, 0) is 49.3 Å². The van der Waals surface area contributed by atoms with Crippen LogP contribution in [0.3, 0.4) is 0 Å². The minimum atomic E-state index is -0.368. The monoisotopic (exact) mass is 327 g/mol. The van der Waals surface area contributed by atoms with Crippen LogP contribution in [0.2, 0.25) is 0 Å². The van der Waals surface area contributed by atoms with E-state index in [0.717, 1.165) is 35.4 Å². The van der Waals surface area contributed by atoms with E-state index in [9.17, 15) is 9.59 Å². The molecule has 0 fully saturated rings. The maximum Gasteiger partial charge on any atom is 0.269 e. The number of carbonyl (C=O) groups is 1. The molecule has 2 heterocycles. The smallest absolute Gasteiger partial charge is 0.269 e. The molecule has 0 radical (unpaired) electrons. The molecule has 0 bridgehead atoms. The van der Waals surface area contributed by atoms with Crippen LogP contribution >= 0.6 is 11.3 Å². The molecule has 1 N–H and O–H groups in total. The molecule has 0 saturated heterocycles. The SMILES string of the molecule is CC(NC(=O)Cn1c2c(cc(C#N)c1=O)CCC2)c1cccs1. The van der Waals surface area contributed by atoms with E-state index < -0.39 is 0 Å². The third-order valence-corrected chi connectivity index (χ3v) is 5.17. The number of fused-ring (bicyclic) bond motifs is 1. The van der Waals surface area contributed by atoms with Crippen molar-refractivity contribution >= 4 is 17.2 Å². The Morgan fingerprint density at radius 3 is 3.04 bits per heavy atom. The van der Waals surface area contributed by atoms with E-state index >= 15 is 0 Å². The molecule has 1 atom stereocenters. The summed E-state index contributed by atoms with van der Waals surface area (Å²) in [6, 6.07) is 7.43. The fourth-order valence-corrected chi connectivity index (χ4v) is 3.74. The molecule has 2 aromatic rings.